The monoisotopic (exact) mass is 218 g/mol. The first-order chi connectivity index (χ1) is 7.60. The Morgan fingerprint density at radius 2 is 1.56 bits per heavy atom. The number of hydrogen-bond donors (Lipinski definition) is 0. The van der Waals surface area contributed by atoms with E-state index in [1.54, 1.807) is 0 Å². The van der Waals surface area contributed by atoms with E-state index in [0.29, 0.717) is 0 Å². The molecule has 0 saturated carbocycles. The fourth-order valence-electron chi connectivity index (χ4n) is 1.92. The van der Waals surface area contributed by atoms with Crippen molar-refractivity contribution in [2.24, 2.45) is 0 Å². The second-order valence-electron chi connectivity index (χ2n) is 3.96. The highest BCUT2D eigenvalue weighted by Crippen LogP contribution is 2.18. The van der Waals surface area contributed by atoms with E-state index in [1.165, 1.54) is 6.92 Å². The van der Waals surface area contributed by atoms with Gasteiger partial charge in [0.1, 0.15) is 5.78 Å². The number of Topliss-reactive ketones (excluding diaryl/α,β-unsaturated/α-hetero) is 2. The second-order valence-corrected chi connectivity index (χ2v) is 3.96. The molecule has 0 aromatic heterocycles. The van der Waals surface area contributed by atoms with E-state index >= 15 is 0 Å². The van der Waals surface area contributed by atoms with Crippen molar-refractivity contribution in [3.05, 3.63) is 34.9 Å². The SMILES string of the molecule is CCc1cccc(CC)c1C(=O)CC(C)=O. The molecule has 0 N–H and O–H groups in total. The van der Waals surface area contributed by atoms with Gasteiger partial charge in [-0.15, -0.1) is 0 Å². The minimum atomic E-state index is -0.0713. The number of benzene rings is 1. The molecule has 2 nitrogen and oxygen atoms in total. The summed E-state index contributed by atoms with van der Waals surface area (Å²) >= 11 is 0. The predicted octanol–water partition coefficient (Wildman–Crippen LogP) is 2.97. The van der Waals surface area contributed by atoms with Gasteiger partial charge in [0, 0.05) is 5.56 Å². The van der Waals surface area contributed by atoms with E-state index in [9.17, 15) is 9.59 Å². The molecule has 0 saturated heterocycles. The first-order valence-corrected chi connectivity index (χ1v) is 5.73. The molecule has 0 atom stereocenters. The number of rotatable bonds is 5. The third-order valence-electron chi connectivity index (χ3n) is 2.69. The summed E-state index contributed by atoms with van der Waals surface area (Å²) in [4.78, 5) is 23.0. The summed E-state index contributed by atoms with van der Waals surface area (Å²) in [7, 11) is 0. The Labute approximate surface area is 96.7 Å². The van der Waals surface area contributed by atoms with Gasteiger partial charge in [-0.3, -0.25) is 9.59 Å². The molecule has 16 heavy (non-hydrogen) atoms. The largest absolute Gasteiger partial charge is 0.300 e. The van der Waals surface area contributed by atoms with Crippen LogP contribution >= 0.6 is 0 Å². The van der Waals surface area contributed by atoms with Crippen molar-refractivity contribution in [1.29, 1.82) is 0 Å². The third-order valence-corrected chi connectivity index (χ3v) is 2.69. The fourth-order valence-corrected chi connectivity index (χ4v) is 1.92. The summed E-state index contributed by atoms with van der Waals surface area (Å²) < 4.78 is 0. The summed E-state index contributed by atoms with van der Waals surface area (Å²) in [6, 6.07) is 5.90. The highest BCUT2D eigenvalue weighted by atomic mass is 16.1. The van der Waals surface area contributed by atoms with E-state index in [-0.39, 0.29) is 18.0 Å². The highest BCUT2D eigenvalue weighted by molar-refractivity contribution is 6.08. The fraction of sp³-hybridized carbons (Fsp3) is 0.429. The zero-order chi connectivity index (χ0) is 12.1. The summed E-state index contributed by atoms with van der Waals surface area (Å²) in [6.07, 6.45) is 1.67. The predicted molar refractivity (Wildman–Crippen MR) is 64.8 cm³/mol. The van der Waals surface area contributed by atoms with E-state index in [4.69, 9.17) is 0 Å². The maximum absolute atomic E-state index is 12.0. The minimum absolute atomic E-state index is 0.0179. The Morgan fingerprint density at radius 1 is 1.06 bits per heavy atom. The van der Waals surface area contributed by atoms with Crippen molar-refractivity contribution in [3.8, 4) is 0 Å². The maximum atomic E-state index is 12.0. The van der Waals surface area contributed by atoms with Crippen LogP contribution in [0.25, 0.3) is 0 Å². The Hall–Kier alpha value is -1.44. The van der Waals surface area contributed by atoms with Crippen molar-refractivity contribution in [3.63, 3.8) is 0 Å². The average Bonchev–Trinajstić information content (AvgIpc) is 2.26. The summed E-state index contributed by atoms with van der Waals surface area (Å²) in [5.74, 6) is -0.111. The first-order valence-electron chi connectivity index (χ1n) is 5.73. The van der Waals surface area contributed by atoms with Crippen molar-refractivity contribution in [2.75, 3.05) is 0 Å². The van der Waals surface area contributed by atoms with Crippen LogP contribution in [-0.4, -0.2) is 11.6 Å². The highest BCUT2D eigenvalue weighted by Gasteiger charge is 2.15. The van der Waals surface area contributed by atoms with Gasteiger partial charge in [0.15, 0.2) is 5.78 Å². The average molecular weight is 218 g/mol. The lowest BCUT2D eigenvalue weighted by Gasteiger charge is -2.11. The van der Waals surface area contributed by atoms with Crippen molar-refractivity contribution in [2.45, 2.75) is 40.0 Å². The molecule has 0 aliphatic rings. The number of hydrogen-bond acceptors (Lipinski definition) is 2. The Balaban J connectivity index is 3.17. The van der Waals surface area contributed by atoms with Gasteiger partial charge in [0.05, 0.1) is 6.42 Å². The minimum Gasteiger partial charge on any atom is -0.300 e. The molecule has 0 heterocycles. The zero-order valence-electron chi connectivity index (χ0n) is 10.2. The molecule has 0 bridgehead atoms. The van der Waals surface area contributed by atoms with Crippen LogP contribution in [0.3, 0.4) is 0 Å². The van der Waals surface area contributed by atoms with E-state index in [0.717, 1.165) is 29.5 Å². The van der Waals surface area contributed by atoms with E-state index in [1.807, 2.05) is 32.0 Å². The van der Waals surface area contributed by atoms with Gasteiger partial charge in [-0.05, 0) is 30.9 Å². The lowest BCUT2D eigenvalue weighted by Crippen LogP contribution is -2.10. The van der Waals surface area contributed by atoms with Crippen molar-refractivity contribution in [1.82, 2.24) is 0 Å². The lowest BCUT2D eigenvalue weighted by atomic mass is 9.92. The molecule has 1 aromatic rings. The van der Waals surface area contributed by atoms with Gasteiger partial charge in [-0.1, -0.05) is 32.0 Å². The molecule has 0 aliphatic heterocycles. The van der Waals surface area contributed by atoms with Crippen LogP contribution in [0, 0.1) is 0 Å². The quantitative estimate of drug-likeness (QED) is 0.562. The molecule has 0 radical (unpaired) electrons. The number of ketones is 2. The smallest absolute Gasteiger partial charge is 0.170 e. The number of aryl methyl sites for hydroxylation is 2. The van der Waals surface area contributed by atoms with E-state index in [2.05, 4.69) is 0 Å². The van der Waals surface area contributed by atoms with Gasteiger partial charge in [0.25, 0.3) is 0 Å². The standard InChI is InChI=1S/C14H18O2/c1-4-11-7-6-8-12(5-2)14(11)13(16)9-10(3)15/h6-8H,4-5,9H2,1-3H3. The summed E-state index contributed by atoms with van der Waals surface area (Å²) in [5, 5.41) is 0. The lowest BCUT2D eigenvalue weighted by molar-refractivity contribution is -0.116. The molecule has 0 spiro atoms. The van der Waals surface area contributed by atoms with Gasteiger partial charge < -0.3 is 0 Å². The Bertz CT molecular complexity index is 383. The van der Waals surface area contributed by atoms with Gasteiger partial charge in [0.2, 0.25) is 0 Å². The van der Waals surface area contributed by atoms with E-state index < -0.39 is 0 Å². The molecule has 0 aliphatic carbocycles. The summed E-state index contributed by atoms with van der Waals surface area (Å²) in [5.41, 5.74) is 2.86. The third kappa shape index (κ3) is 2.78. The van der Waals surface area contributed by atoms with Crippen LogP contribution < -0.4 is 0 Å². The molecule has 2 heteroatoms. The van der Waals surface area contributed by atoms with Crippen LogP contribution in [0.5, 0.6) is 0 Å². The number of carbonyl (C=O) groups excluding carboxylic acids is 2. The van der Waals surface area contributed by atoms with Crippen LogP contribution in [0.2, 0.25) is 0 Å². The molecular formula is C14H18O2. The molecule has 0 amide bonds. The van der Waals surface area contributed by atoms with Crippen LogP contribution in [0.4, 0.5) is 0 Å². The molecule has 0 fully saturated rings. The zero-order valence-corrected chi connectivity index (χ0v) is 10.2. The maximum Gasteiger partial charge on any atom is 0.170 e. The van der Waals surface area contributed by atoms with Gasteiger partial charge in [-0.25, -0.2) is 0 Å². The molecule has 86 valence electrons. The van der Waals surface area contributed by atoms with Crippen LogP contribution in [-0.2, 0) is 17.6 Å². The van der Waals surface area contributed by atoms with Gasteiger partial charge >= 0.3 is 0 Å². The topological polar surface area (TPSA) is 34.1 Å². The molecular weight excluding hydrogens is 200 g/mol. The Morgan fingerprint density at radius 3 is 1.94 bits per heavy atom. The summed E-state index contributed by atoms with van der Waals surface area (Å²) in [6.45, 7) is 5.51. The molecule has 1 aromatic carbocycles. The van der Waals surface area contributed by atoms with Gasteiger partial charge in [-0.2, -0.15) is 0 Å². The van der Waals surface area contributed by atoms with Crippen LogP contribution in [0.1, 0.15) is 48.7 Å². The first kappa shape index (κ1) is 12.6. The number of carbonyl (C=O) groups is 2. The second kappa shape index (κ2) is 5.59. The van der Waals surface area contributed by atoms with Crippen molar-refractivity contribution < 1.29 is 9.59 Å². The molecule has 0 unspecified atom stereocenters. The Kier molecular flexibility index (Phi) is 4.41. The normalized spacial score (nSPS) is 10.2. The van der Waals surface area contributed by atoms with Crippen molar-refractivity contribution >= 4 is 11.6 Å². The molecule has 1 rings (SSSR count). The van der Waals surface area contributed by atoms with Crippen LogP contribution in [0.15, 0.2) is 18.2 Å².